The zero-order chi connectivity index (χ0) is 12.6. The van der Waals surface area contributed by atoms with Crippen molar-refractivity contribution in [3.63, 3.8) is 0 Å². The number of hydrogen-bond acceptors (Lipinski definition) is 3. The smallest absolute Gasteiger partial charge is 0.315 e. The summed E-state index contributed by atoms with van der Waals surface area (Å²) in [7, 11) is 0. The molecule has 0 unspecified atom stereocenters. The highest BCUT2D eigenvalue weighted by Crippen LogP contribution is 2.43. The summed E-state index contributed by atoms with van der Waals surface area (Å²) in [6, 6.07) is 1.80. The first-order valence-corrected chi connectivity index (χ1v) is 5.97. The molecule has 1 saturated carbocycles. The van der Waals surface area contributed by atoms with E-state index in [4.69, 9.17) is 5.73 Å². The van der Waals surface area contributed by atoms with Gasteiger partial charge in [-0.25, -0.2) is 0 Å². The van der Waals surface area contributed by atoms with Crippen molar-refractivity contribution in [1.82, 2.24) is 9.78 Å². The molecule has 0 amide bonds. The minimum Gasteiger partial charge on any atom is -0.481 e. The fourth-order valence-electron chi connectivity index (χ4n) is 2.56. The molecule has 17 heavy (non-hydrogen) atoms. The Balaban J connectivity index is 2.32. The number of aliphatic carboxylic acids is 1. The molecule has 1 aromatic rings. The second kappa shape index (κ2) is 4.14. The molecular formula is C12H19N3O2. The van der Waals surface area contributed by atoms with E-state index in [2.05, 4.69) is 18.9 Å². The van der Waals surface area contributed by atoms with Crippen molar-refractivity contribution >= 4 is 5.97 Å². The molecule has 2 rings (SSSR count). The van der Waals surface area contributed by atoms with E-state index in [1.807, 2.05) is 10.7 Å². The fourth-order valence-corrected chi connectivity index (χ4v) is 2.56. The van der Waals surface area contributed by atoms with Crippen LogP contribution in [0.5, 0.6) is 0 Å². The van der Waals surface area contributed by atoms with Crippen molar-refractivity contribution in [1.29, 1.82) is 0 Å². The van der Waals surface area contributed by atoms with E-state index in [1.54, 1.807) is 6.20 Å². The lowest BCUT2D eigenvalue weighted by Gasteiger charge is -2.42. The van der Waals surface area contributed by atoms with Gasteiger partial charge in [-0.2, -0.15) is 5.10 Å². The van der Waals surface area contributed by atoms with E-state index in [-0.39, 0.29) is 6.04 Å². The van der Waals surface area contributed by atoms with Crippen LogP contribution in [-0.2, 0) is 16.8 Å². The zero-order valence-corrected chi connectivity index (χ0v) is 10.3. The van der Waals surface area contributed by atoms with E-state index in [0.717, 1.165) is 12.2 Å². The molecule has 1 fully saturated rings. The van der Waals surface area contributed by atoms with Crippen LogP contribution >= 0.6 is 0 Å². The molecular weight excluding hydrogens is 218 g/mol. The first-order chi connectivity index (χ1) is 7.95. The van der Waals surface area contributed by atoms with Crippen LogP contribution in [0.3, 0.4) is 0 Å². The normalized spacial score (nSPS) is 28.1. The lowest BCUT2D eigenvalue weighted by Crippen LogP contribution is -2.55. The van der Waals surface area contributed by atoms with Crippen LogP contribution in [0.2, 0.25) is 0 Å². The Hall–Kier alpha value is -1.36. The average molecular weight is 237 g/mol. The van der Waals surface area contributed by atoms with Crippen molar-refractivity contribution in [2.24, 2.45) is 11.7 Å². The van der Waals surface area contributed by atoms with E-state index in [1.165, 1.54) is 0 Å². The maximum absolute atomic E-state index is 11.5. The second-order valence-electron chi connectivity index (χ2n) is 5.35. The molecule has 0 aliphatic heterocycles. The molecule has 5 nitrogen and oxygen atoms in total. The minimum atomic E-state index is -0.815. The Morgan fingerprint density at radius 2 is 2.35 bits per heavy atom. The van der Waals surface area contributed by atoms with Crippen LogP contribution in [0.4, 0.5) is 0 Å². The largest absolute Gasteiger partial charge is 0.481 e. The minimum absolute atomic E-state index is 0.00602. The molecule has 1 heterocycles. The Morgan fingerprint density at radius 1 is 1.71 bits per heavy atom. The Labute approximate surface area is 101 Å². The van der Waals surface area contributed by atoms with E-state index in [0.29, 0.717) is 18.8 Å². The summed E-state index contributed by atoms with van der Waals surface area (Å²) in [4.78, 5) is 11.5. The first kappa shape index (κ1) is 12.1. The summed E-state index contributed by atoms with van der Waals surface area (Å²) in [6.07, 6.45) is 2.69. The number of carbonyl (C=O) groups is 1. The summed E-state index contributed by atoms with van der Waals surface area (Å²) in [5, 5.41) is 13.7. The Bertz CT molecular complexity index is 419. The van der Waals surface area contributed by atoms with Gasteiger partial charge in [-0.05, 0) is 24.8 Å². The highest BCUT2D eigenvalue weighted by atomic mass is 16.4. The number of nitrogens with two attached hydrogens (primary N) is 1. The molecule has 1 aliphatic carbocycles. The van der Waals surface area contributed by atoms with Crippen LogP contribution in [-0.4, -0.2) is 26.9 Å². The van der Waals surface area contributed by atoms with Gasteiger partial charge in [-0.1, -0.05) is 13.8 Å². The molecule has 0 aromatic carbocycles. The maximum Gasteiger partial charge on any atom is 0.315 e. The van der Waals surface area contributed by atoms with Crippen molar-refractivity contribution in [3.8, 4) is 0 Å². The lowest BCUT2D eigenvalue weighted by atomic mass is 9.63. The summed E-state index contributed by atoms with van der Waals surface area (Å²) >= 11 is 0. The van der Waals surface area contributed by atoms with Crippen LogP contribution in [0.25, 0.3) is 0 Å². The summed E-state index contributed by atoms with van der Waals surface area (Å²) in [6.45, 7) is 4.92. The summed E-state index contributed by atoms with van der Waals surface area (Å²) in [5.74, 6) is -0.349. The molecule has 0 radical (unpaired) electrons. The molecule has 1 aliphatic rings. The molecule has 0 spiro atoms. The first-order valence-electron chi connectivity index (χ1n) is 5.97. The molecule has 0 bridgehead atoms. The predicted octanol–water partition coefficient (Wildman–Crippen LogP) is 0.983. The van der Waals surface area contributed by atoms with Gasteiger partial charge in [0.2, 0.25) is 0 Å². The number of rotatable bonds is 4. The van der Waals surface area contributed by atoms with E-state index < -0.39 is 11.4 Å². The van der Waals surface area contributed by atoms with Gasteiger partial charge >= 0.3 is 5.97 Å². The van der Waals surface area contributed by atoms with Gasteiger partial charge in [0.1, 0.15) is 5.41 Å². The molecule has 1 aromatic heterocycles. The van der Waals surface area contributed by atoms with Gasteiger partial charge in [0.05, 0.1) is 5.69 Å². The third-order valence-electron chi connectivity index (χ3n) is 3.38. The lowest BCUT2D eigenvalue weighted by molar-refractivity contribution is -0.148. The van der Waals surface area contributed by atoms with Gasteiger partial charge in [-0.3, -0.25) is 9.48 Å². The van der Waals surface area contributed by atoms with Gasteiger partial charge in [0.15, 0.2) is 0 Å². The molecule has 0 atom stereocenters. The molecule has 94 valence electrons. The Morgan fingerprint density at radius 3 is 2.82 bits per heavy atom. The van der Waals surface area contributed by atoms with Crippen LogP contribution < -0.4 is 5.73 Å². The highest BCUT2D eigenvalue weighted by molar-refractivity contribution is 5.82. The van der Waals surface area contributed by atoms with E-state index in [9.17, 15) is 9.90 Å². The third-order valence-corrected chi connectivity index (χ3v) is 3.38. The summed E-state index contributed by atoms with van der Waals surface area (Å²) < 4.78 is 1.81. The second-order valence-corrected chi connectivity index (χ2v) is 5.35. The van der Waals surface area contributed by atoms with Crippen molar-refractivity contribution in [2.75, 3.05) is 0 Å². The van der Waals surface area contributed by atoms with Gasteiger partial charge in [-0.15, -0.1) is 0 Å². The molecule has 5 heteroatoms. The van der Waals surface area contributed by atoms with Gasteiger partial charge in [0, 0.05) is 18.8 Å². The monoisotopic (exact) mass is 237 g/mol. The van der Waals surface area contributed by atoms with Gasteiger partial charge in [0.25, 0.3) is 0 Å². The quantitative estimate of drug-likeness (QED) is 0.818. The van der Waals surface area contributed by atoms with Crippen LogP contribution in [0, 0.1) is 5.92 Å². The van der Waals surface area contributed by atoms with Crippen molar-refractivity contribution in [2.45, 2.75) is 44.7 Å². The average Bonchev–Trinajstić information content (AvgIpc) is 2.59. The highest BCUT2D eigenvalue weighted by Gasteiger charge is 2.52. The Kier molecular flexibility index (Phi) is 2.95. The topological polar surface area (TPSA) is 81.1 Å². The zero-order valence-electron chi connectivity index (χ0n) is 10.3. The van der Waals surface area contributed by atoms with Crippen LogP contribution in [0.15, 0.2) is 12.3 Å². The standard InChI is InChI=1S/C12H19N3O2/c1-8(2)7-15-10(3-4-14-15)12(11(16)17)5-9(13)6-12/h3-4,8-9H,5-7,13H2,1-2H3,(H,16,17). The molecule has 3 N–H and O–H groups in total. The van der Waals surface area contributed by atoms with Crippen molar-refractivity contribution < 1.29 is 9.90 Å². The van der Waals surface area contributed by atoms with Crippen LogP contribution in [0.1, 0.15) is 32.4 Å². The number of nitrogens with zero attached hydrogens (tertiary/aromatic N) is 2. The van der Waals surface area contributed by atoms with Gasteiger partial charge < -0.3 is 10.8 Å². The predicted molar refractivity (Wildman–Crippen MR) is 63.6 cm³/mol. The molecule has 0 saturated heterocycles. The summed E-state index contributed by atoms with van der Waals surface area (Å²) in [5.41, 5.74) is 5.73. The number of carboxylic acids is 1. The van der Waals surface area contributed by atoms with E-state index >= 15 is 0 Å². The number of hydrogen-bond donors (Lipinski definition) is 2. The number of carboxylic acid groups (broad SMARTS) is 1. The number of aromatic nitrogens is 2. The SMILES string of the molecule is CC(C)Cn1nccc1C1(C(=O)O)CC(N)C1. The maximum atomic E-state index is 11.5. The fraction of sp³-hybridized carbons (Fsp3) is 0.667. The van der Waals surface area contributed by atoms with Crippen molar-refractivity contribution in [3.05, 3.63) is 18.0 Å². The third kappa shape index (κ3) is 1.95.